The van der Waals surface area contributed by atoms with Crippen molar-refractivity contribution in [2.45, 2.75) is 12.3 Å². The lowest BCUT2D eigenvalue weighted by Gasteiger charge is -2.23. The summed E-state index contributed by atoms with van der Waals surface area (Å²) in [6, 6.07) is 11.4. The van der Waals surface area contributed by atoms with Crippen LogP contribution in [-0.2, 0) is 9.59 Å². The van der Waals surface area contributed by atoms with Crippen molar-refractivity contribution < 1.29 is 14.0 Å². The lowest BCUT2D eigenvalue weighted by molar-refractivity contribution is -0.121. The predicted octanol–water partition coefficient (Wildman–Crippen LogP) is 3.60. The Morgan fingerprint density at radius 1 is 1.38 bits per heavy atom. The van der Waals surface area contributed by atoms with Gasteiger partial charge in [-0.15, -0.1) is 11.3 Å². The second-order valence-corrected chi connectivity index (χ2v) is 7.48. The largest absolute Gasteiger partial charge is 0.325 e. The SMILES string of the molecule is N#CC1=C(SCC(=O)Nc2ccc(F)cc2)NC(=O)C[C@H]1c1cccs1. The molecule has 2 aromatic rings. The maximum atomic E-state index is 12.9. The molecule has 0 saturated heterocycles. The van der Waals surface area contributed by atoms with Gasteiger partial charge in [0.15, 0.2) is 0 Å². The fourth-order valence-corrected chi connectivity index (χ4v) is 4.25. The molecule has 0 fully saturated rings. The number of thiophene rings is 1. The number of hydrogen-bond donors (Lipinski definition) is 2. The number of carbonyl (C=O) groups is 2. The number of benzene rings is 1. The van der Waals surface area contributed by atoms with Gasteiger partial charge in [-0.3, -0.25) is 9.59 Å². The molecular weight excluding hydrogens is 373 g/mol. The smallest absolute Gasteiger partial charge is 0.234 e. The van der Waals surface area contributed by atoms with Gasteiger partial charge in [-0.2, -0.15) is 5.26 Å². The molecule has 3 rings (SSSR count). The highest BCUT2D eigenvalue weighted by Crippen LogP contribution is 2.37. The molecule has 132 valence electrons. The molecule has 1 aliphatic rings. The molecular formula is C18H14FN3O2S2. The zero-order valence-electron chi connectivity index (χ0n) is 13.5. The van der Waals surface area contributed by atoms with Gasteiger partial charge in [0, 0.05) is 22.9 Å². The number of allylic oxidation sites excluding steroid dienone is 1. The van der Waals surface area contributed by atoms with Crippen molar-refractivity contribution in [2.75, 3.05) is 11.1 Å². The summed E-state index contributed by atoms with van der Waals surface area (Å²) in [6.07, 6.45) is 0.218. The van der Waals surface area contributed by atoms with E-state index >= 15 is 0 Å². The molecule has 2 amide bonds. The van der Waals surface area contributed by atoms with Gasteiger partial charge in [0.2, 0.25) is 11.8 Å². The average Bonchev–Trinajstić information content (AvgIpc) is 3.16. The van der Waals surface area contributed by atoms with E-state index in [-0.39, 0.29) is 35.7 Å². The number of amides is 2. The molecule has 0 unspecified atom stereocenters. The van der Waals surface area contributed by atoms with Crippen LogP contribution in [0.1, 0.15) is 17.2 Å². The number of nitrogens with one attached hydrogen (secondary N) is 2. The van der Waals surface area contributed by atoms with Gasteiger partial charge in [0.1, 0.15) is 5.82 Å². The second kappa shape index (κ2) is 8.17. The molecule has 0 aliphatic carbocycles. The molecule has 1 aliphatic heterocycles. The van der Waals surface area contributed by atoms with Gasteiger partial charge in [-0.1, -0.05) is 17.8 Å². The quantitative estimate of drug-likeness (QED) is 0.821. The van der Waals surface area contributed by atoms with Crippen LogP contribution in [0.2, 0.25) is 0 Å². The monoisotopic (exact) mass is 387 g/mol. The molecule has 0 saturated carbocycles. The van der Waals surface area contributed by atoms with Crippen molar-refractivity contribution in [3.63, 3.8) is 0 Å². The fourth-order valence-electron chi connectivity index (χ4n) is 2.53. The molecule has 26 heavy (non-hydrogen) atoms. The Bertz CT molecular complexity index is 886. The highest BCUT2D eigenvalue weighted by atomic mass is 32.2. The van der Waals surface area contributed by atoms with E-state index in [0.29, 0.717) is 16.3 Å². The molecule has 8 heteroatoms. The number of thioether (sulfide) groups is 1. The van der Waals surface area contributed by atoms with E-state index in [1.54, 1.807) is 0 Å². The van der Waals surface area contributed by atoms with Gasteiger partial charge in [0.05, 0.1) is 22.4 Å². The van der Waals surface area contributed by atoms with Gasteiger partial charge >= 0.3 is 0 Å². The summed E-state index contributed by atoms with van der Waals surface area (Å²) in [5.41, 5.74) is 0.947. The molecule has 5 nitrogen and oxygen atoms in total. The minimum atomic E-state index is -0.384. The van der Waals surface area contributed by atoms with Gasteiger partial charge in [-0.05, 0) is 35.7 Å². The first-order valence-corrected chi connectivity index (χ1v) is 9.59. The van der Waals surface area contributed by atoms with Crippen LogP contribution >= 0.6 is 23.1 Å². The number of nitrogens with zero attached hydrogens (tertiary/aromatic N) is 1. The fraction of sp³-hybridized carbons (Fsp3) is 0.167. The van der Waals surface area contributed by atoms with E-state index in [0.717, 1.165) is 16.6 Å². The summed E-state index contributed by atoms with van der Waals surface area (Å²) in [4.78, 5) is 25.0. The van der Waals surface area contributed by atoms with Crippen molar-refractivity contribution in [3.8, 4) is 6.07 Å². The predicted molar refractivity (Wildman–Crippen MR) is 99.9 cm³/mol. The molecule has 1 atom stereocenters. The highest BCUT2D eigenvalue weighted by Gasteiger charge is 2.30. The average molecular weight is 387 g/mol. The Labute approximate surface area is 157 Å². The lowest BCUT2D eigenvalue weighted by Crippen LogP contribution is -2.31. The Morgan fingerprint density at radius 2 is 2.15 bits per heavy atom. The summed E-state index contributed by atoms with van der Waals surface area (Å²) >= 11 is 2.60. The van der Waals surface area contributed by atoms with Crippen LogP contribution in [0.25, 0.3) is 0 Å². The van der Waals surface area contributed by atoms with Crippen LogP contribution in [0.4, 0.5) is 10.1 Å². The second-order valence-electron chi connectivity index (χ2n) is 5.52. The zero-order chi connectivity index (χ0) is 18.5. The lowest BCUT2D eigenvalue weighted by atomic mass is 9.93. The number of rotatable bonds is 5. The first-order chi connectivity index (χ1) is 12.6. The van der Waals surface area contributed by atoms with Gasteiger partial charge in [-0.25, -0.2) is 4.39 Å². The van der Waals surface area contributed by atoms with Crippen LogP contribution in [0, 0.1) is 17.1 Å². The molecule has 1 aromatic carbocycles. The molecule has 0 bridgehead atoms. The van der Waals surface area contributed by atoms with E-state index in [4.69, 9.17) is 0 Å². The number of carbonyl (C=O) groups excluding carboxylic acids is 2. The van der Waals surface area contributed by atoms with E-state index < -0.39 is 0 Å². The summed E-state index contributed by atoms with van der Waals surface area (Å²) in [5.74, 6) is -1.13. The molecule has 2 heterocycles. The Balaban J connectivity index is 1.70. The van der Waals surface area contributed by atoms with E-state index in [1.165, 1.54) is 35.6 Å². The van der Waals surface area contributed by atoms with E-state index in [9.17, 15) is 19.2 Å². The molecule has 2 N–H and O–H groups in total. The number of nitriles is 1. The highest BCUT2D eigenvalue weighted by molar-refractivity contribution is 8.03. The van der Waals surface area contributed by atoms with Crippen LogP contribution < -0.4 is 10.6 Å². The summed E-state index contributed by atoms with van der Waals surface area (Å²) in [5, 5.41) is 17.2. The van der Waals surface area contributed by atoms with E-state index in [1.807, 2.05) is 17.5 Å². The zero-order valence-corrected chi connectivity index (χ0v) is 15.1. The third-order valence-corrected chi connectivity index (χ3v) is 5.72. The minimum Gasteiger partial charge on any atom is -0.325 e. The summed E-state index contributed by atoms with van der Waals surface area (Å²) in [6.45, 7) is 0. The molecule has 0 radical (unpaired) electrons. The van der Waals surface area contributed by atoms with Crippen molar-refractivity contribution in [2.24, 2.45) is 0 Å². The number of anilines is 1. The van der Waals surface area contributed by atoms with E-state index in [2.05, 4.69) is 16.7 Å². The van der Waals surface area contributed by atoms with Crippen molar-refractivity contribution >= 4 is 40.6 Å². The van der Waals surface area contributed by atoms with Crippen LogP contribution in [0.5, 0.6) is 0 Å². The third-order valence-electron chi connectivity index (χ3n) is 3.72. The topological polar surface area (TPSA) is 82.0 Å². The Morgan fingerprint density at radius 3 is 2.81 bits per heavy atom. The standard InChI is InChI=1S/C18H14FN3O2S2/c19-11-3-5-12(6-4-11)21-17(24)10-26-18-14(9-20)13(8-16(23)22-18)15-2-1-7-25-15/h1-7,13H,8,10H2,(H,21,24)(H,22,23)/t13-/m1/s1. The summed E-state index contributed by atoms with van der Waals surface area (Å²) < 4.78 is 12.9. The van der Waals surface area contributed by atoms with Crippen molar-refractivity contribution in [1.29, 1.82) is 5.26 Å². The normalized spacial score (nSPS) is 16.8. The van der Waals surface area contributed by atoms with Crippen LogP contribution in [-0.4, -0.2) is 17.6 Å². The Kier molecular flexibility index (Phi) is 5.71. The first kappa shape index (κ1) is 18.2. The number of hydrogen-bond acceptors (Lipinski definition) is 5. The molecule has 0 spiro atoms. The maximum absolute atomic E-state index is 12.9. The molecule has 1 aromatic heterocycles. The summed E-state index contributed by atoms with van der Waals surface area (Å²) in [7, 11) is 0. The van der Waals surface area contributed by atoms with Gasteiger partial charge in [0.25, 0.3) is 0 Å². The van der Waals surface area contributed by atoms with Crippen LogP contribution in [0.15, 0.2) is 52.4 Å². The van der Waals surface area contributed by atoms with Gasteiger partial charge < -0.3 is 10.6 Å². The van der Waals surface area contributed by atoms with Crippen molar-refractivity contribution in [3.05, 3.63) is 63.1 Å². The first-order valence-electron chi connectivity index (χ1n) is 7.72. The Hall–Kier alpha value is -2.63. The third kappa shape index (κ3) is 4.31. The number of halogens is 1. The minimum absolute atomic E-state index is 0.0231. The van der Waals surface area contributed by atoms with Crippen LogP contribution in [0.3, 0.4) is 0 Å². The van der Waals surface area contributed by atoms with Crippen molar-refractivity contribution in [1.82, 2.24) is 5.32 Å². The maximum Gasteiger partial charge on any atom is 0.234 e.